The Balaban J connectivity index is 2.17. The first-order chi connectivity index (χ1) is 11.8. The quantitative estimate of drug-likeness (QED) is 0.776. The number of nitrogens with one attached hydrogen (secondary N) is 1. The molecule has 0 aliphatic carbocycles. The lowest BCUT2D eigenvalue weighted by Crippen LogP contribution is -2.39. The van der Waals surface area contributed by atoms with Gasteiger partial charge in [-0.15, -0.1) is 0 Å². The molecule has 0 bridgehead atoms. The molecule has 0 saturated carbocycles. The molecule has 110 valence electrons. The third-order valence-electron chi connectivity index (χ3n) is 3.08. The minimum Gasteiger partial charge on any atom is -0.390 e. The number of unbranched alkanes of at least 4 members (excludes halogenated alkanes) is 1. The van der Waals surface area contributed by atoms with Gasteiger partial charge in [-0.3, -0.25) is 13.9 Å². The molecule has 7 nitrogen and oxygen atoms in total. The summed E-state index contributed by atoms with van der Waals surface area (Å²) in [6, 6.07) is 0. The molecule has 0 aliphatic heterocycles. The first-order valence-corrected chi connectivity index (χ1v) is 6.16. The summed E-state index contributed by atoms with van der Waals surface area (Å²) >= 11 is 0. The van der Waals surface area contributed by atoms with E-state index in [1.54, 1.807) is 0 Å². The fourth-order valence-corrected chi connectivity index (χ4v) is 2.04. The van der Waals surface area contributed by atoms with Gasteiger partial charge in [0.1, 0.15) is 5.52 Å². The summed E-state index contributed by atoms with van der Waals surface area (Å²) in [6.07, 6.45) is 0.928. The normalized spacial score (nSPS) is 17.9. The maximum Gasteiger partial charge on any atom is 0.332 e. The molecule has 2 N–H and O–H groups in total. The van der Waals surface area contributed by atoms with E-state index in [0.717, 1.165) is 4.57 Å². The second-order valence-corrected chi connectivity index (χ2v) is 4.72. The van der Waals surface area contributed by atoms with Crippen molar-refractivity contribution in [3.05, 3.63) is 27.2 Å². The number of aliphatic hydroxyl groups is 1. The van der Waals surface area contributed by atoms with Crippen LogP contribution in [0.2, 0.25) is 0 Å². The lowest BCUT2D eigenvalue weighted by atomic mass is 10.0. The van der Waals surface area contributed by atoms with Crippen LogP contribution >= 0.6 is 0 Å². The van der Waals surface area contributed by atoms with Gasteiger partial charge in [-0.2, -0.15) is 0 Å². The summed E-state index contributed by atoms with van der Waals surface area (Å²) in [5, 5.41) is 10.2. The van der Waals surface area contributed by atoms with E-state index in [4.69, 9.17) is 8.22 Å². The van der Waals surface area contributed by atoms with Gasteiger partial charge in [0.25, 0.3) is 5.56 Å². The number of nitrogens with zero attached hydrogens (tertiary/aromatic N) is 3. The standard InChI is InChI=1S/C13H20N4O3/c1-13(2,20)6-4-5-7-17-11(18)9-10(15-8-14-9)16(3)12(17)19/h8,20H,4-7H2,1-3H3,(H,14,15)/i1D3,2D3. The Bertz CT molecular complexity index is 894. The van der Waals surface area contributed by atoms with Crippen molar-refractivity contribution in [2.45, 2.75) is 45.1 Å². The Labute approximate surface area is 124 Å². The van der Waals surface area contributed by atoms with Crippen molar-refractivity contribution >= 4 is 11.2 Å². The van der Waals surface area contributed by atoms with Gasteiger partial charge in [0.05, 0.1) is 11.9 Å². The predicted octanol–water partition coefficient (Wildman–Crippen LogP) is 0.365. The van der Waals surface area contributed by atoms with Crippen LogP contribution in [0.5, 0.6) is 0 Å². The van der Waals surface area contributed by atoms with E-state index in [1.807, 2.05) is 0 Å². The predicted molar refractivity (Wildman–Crippen MR) is 75.7 cm³/mol. The van der Waals surface area contributed by atoms with E-state index < -0.39 is 37.0 Å². The van der Waals surface area contributed by atoms with Crippen molar-refractivity contribution in [2.75, 3.05) is 0 Å². The van der Waals surface area contributed by atoms with Crippen LogP contribution in [0.4, 0.5) is 0 Å². The van der Waals surface area contributed by atoms with E-state index in [-0.39, 0.29) is 30.6 Å². The van der Waals surface area contributed by atoms with Crippen LogP contribution in [0.15, 0.2) is 15.9 Å². The zero-order valence-electron chi connectivity index (χ0n) is 17.0. The number of fused-ring (bicyclic) bond motifs is 1. The van der Waals surface area contributed by atoms with Crippen molar-refractivity contribution in [3.63, 3.8) is 0 Å². The van der Waals surface area contributed by atoms with Crippen LogP contribution in [-0.2, 0) is 13.6 Å². The Morgan fingerprint density at radius 3 is 2.90 bits per heavy atom. The molecule has 2 rings (SSSR count). The molecule has 7 heteroatoms. The monoisotopic (exact) mass is 286 g/mol. The molecule has 0 saturated heterocycles. The first-order valence-electron chi connectivity index (χ1n) is 9.16. The molecule has 0 atom stereocenters. The molecule has 2 aromatic rings. The second kappa shape index (κ2) is 5.24. The first kappa shape index (κ1) is 8.41. The highest BCUT2D eigenvalue weighted by atomic mass is 16.3. The lowest BCUT2D eigenvalue weighted by Gasteiger charge is -2.16. The number of H-pyrrole nitrogens is 1. The van der Waals surface area contributed by atoms with Crippen LogP contribution in [0.25, 0.3) is 11.2 Å². The van der Waals surface area contributed by atoms with Crippen LogP contribution in [0.1, 0.15) is 41.2 Å². The average molecular weight is 286 g/mol. The SMILES string of the molecule is [2H]C([2H])([2H])C(O)(CCCCn1c(=O)c2[nH]cnc2n(C)c1=O)C([2H])([2H])[2H]. The molecule has 0 unspecified atom stereocenters. The summed E-state index contributed by atoms with van der Waals surface area (Å²) in [6.45, 7) is -6.21. The summed E-state index contributed by atoms with van der Waals surface area (Å²) in [7, 11) is 1.46. The summed E-state index contributed by atoms with van der Waals surface area (Å²) in [5.74, 6) is 0. The number of aromatic nitrogens is 4. The fourth-order valence-electron chi connectivity index (χ4n) is 2.04. The van der Waals surface area contributed by atoms with E-state index >= 15 is 0 Å². The van der Waals surface area contributed by atoms with Gasteiger partial charge in [0.2, 0.25) is 0 Å². The van der Waals surface area contributed by atoms with Gasteiger partial charge in [-0.25, -0.2) is 9.78 Å². The Kier molecular flexibility index (Phi) is 2.20. The number of aryl methyl sites for hydroxylation is 1. The van der Waals surface area contributed by atoms with Crippen molar-refractivity contribution in [1.82, 2.24) is 19.1 Å². The van der Waals surface area contributed by atoms with Crippen LogP contribution < -0.4 is 11.2 Å². The topological polar surface area (TPSA) is 92.9 Å². The van der Waals surface area contributed by atoms with Gasteiger partial charge in [-0.05, 0) is 33.0 Å². The number of imidazole rings is 1. The van der Waals surface area contributed by atoms with Gasteiger partial charge >= 0.3 is 5.69 Å². The van der Waals surface area contributed by atoms with E-state index in [0.29, 0.717) is 0 Å². The van der Waals surface area contributed by atoms with Gasteiger partial charge < -0.3 is 10.1 Å². The summed E-state index contributed by atoms with van der Waals surface area (Å²) < 4.78 is 46.0. The van der Waals surface area contributed by atoms with Crippen LogP contribution in [-0.4, -0.2) is 29.8 Å². The van der Waals surface area contributed by atoms with Crippen LogP contribution in [0.3, 0.4) is 0 Å². The highest BCUT2D eigenvalue weighted by molar-refractivity contribution is 5.68. The molecule has 0 amide bonds. The Morgan fingerprint density at radius 2 is 2.20 bits per heavy atom. The van der Waals surface area contributed by atoms with Crippen molar-refractivity contribution in [2.24, 2.45) is 7.05 Å². The van der Waals surface area contributed by atoms with Crippen molar-refractivity contribution in [1.29, 1.82) is 0 Å². The number of hydrogen-bond donors (Lipinski definition) is 2. The van der Waals surface area contributed by atoms with Gasteiger partial charge in [0.15, 0.2) is 5.65 Å². The molecule has 2 aromatic heterocycles. The Morgan fingerprint density at radius 1 is 1.45 bits per heavy atom. The molecular weight excluding hydrogens is 260 g/mol. The molecular formula is C13H20N4O3. The lowest BCUT2D eigenvalue weighted by molar-refractivity contribution is 0.0678. The minimum atomic E-state index is -3.08. The molecule has 20 heavy (non-hydrogen) atoms. The Hall–Kier alpha value is -1.89. The third kappa shape index (κ3) is 2.82. The highest BCUT2D eigenvalue weighted by Crippen LogP contribution is 2.12. The number of hydrogen-bond acceptors (Lipinski definition) is 4. The van der Waals surface area contributed by atoms with E-state index in [9.17, 15) is 14.7 Å². The van der Waals surface area contributed by atoms with Crippen LogP contribution in [0, 0.1) is 0 Å². The summed E-state index contributed by atoms with van der Waals surface area (Å²) in [4.78, 5) is 31.1. The third-order valence-corrected chi connectivity index (χ3v) is 3.08. The zero-order valence-corrected chi connectivity index (χ0v) is 11.0. The molecule has 0 radical (unpaired) electrons. The van der Waals surface area contributed by atoms with E-state index in [2.05, 4.69) is 9.97 Å². The smallest absolute Gasteiger partial charge is 0.332 e. The van der Waals surface area contributed by atoms with Crippen molar-refractivity contribution in [3.8, 4) is 0 Å². The van der Waals surface area contributed by atoms with Crippen molar-refractivity contribution < 1.29 is 13.3 Å². The average Bonchev–Trinajstić information content (AvgIpc) is 2.99. The largest absolute Gasteiger partial charge is 0.390 e. The number of rotatable bonds is 5. The minimum absolute atomic E-state index is 0.00386. The maximum absolute atomic E-state index is 12.3. The molecule has 0 fully saturated rings. The summed E-state index contributed by atoms with van der Waals surface area (Å²) in [5.41, 5.74) is -3.62. The number of aromatic amines is 1. The molecule has 0 aliphatic rings. The zero-order chi connectivity index (χ0) is 19.9. The highest BCUT2D eigenvalue weighted by Gasteiger charge is 2.14. The maximum atomic E-state index is 12.3. The fraction of sp³-hybridized carbons (Fsp3) is 0.615. The van der Waals surface area contributed by atoms with Gasteiger partial charge in [-0.1, -0.05) is 0 Å². The second-order valence-electron chi connectivity index (χ2n) is 4.72. The van der Waals surface area contributed by atoms with Gasteiger partial charge in [0, 0.05) is 21.8 Å². The molecule has 0 aromatic carbocycles. The molecule has 0 spiro atoms. The molecule has 2 heterocycles. The van der Waals surface area contributed by atoms with E-state index in [1.165, 1.54) is 17.9 Å².